The van der Waals surface area contributed by atoms with Gasteiger partial charge in [-0.1, -0.05) is 6.07 Å². The Labute approximate surface area is 115 Å². The van der Waals surface area contributed by atoms with Gasteiger partial charge in [0, 0.05) is 38.3 Å². The predicted molar refractivity (Wildman–Crippen MR) is 77.2 cm³/mol. The first kappa shape index (κ1) is 14.2. The maximum absolute atomic E-state index is 5.71. The van der Waals surface area contributed by atoms with Crippen LogP contribution in [0.5, 0.6) is 11.5 Å². The molecular formula is C15H24N2O2. The molecule has 1 aliphatic rings. The minimum absolute atomic E-state index is 0.688. The highest BCUT2D eigenvalue weighted by molar-refractivity contribution is 5.45. The lowest BCUT2D eigenvalue weighted by molar-refractivity contribution is 0.241. The van der Waals surface area contributed by atoms with Crippen LogP contribution in [0.25, 0.3) is 0 Å². The molecule has 0 saturated carbocycles. The van der Waals surface area contributed by atoms with Crippen LogP contribution in [-0.4, -0.2) is 51.3 Å². The second kappa shape index (κ2) is 7.36. The van der Waals surface area contributed by atoms with E-state index in [1.54, 1.807) is 7.11 Å². The summed E-state index contributed by atoms with van der Waals surface area (Å²) in [6, 6.07) is 6.02. The quantitative estimate of drug-likeness (QED) is 0.845. The molecule has 1 fully saturated rings. The van der Waals surface area contributed by atoms with E-state index in [0.717, 1.165) is 50.6 Å². The van der Waals surface area contributed by atoms with E-state index in [0.29, 0.717) is 6.61 Å². The third kappa shape index (κ3) is 3.85. The maximum Gasteiger partial charge on any atom is 0.126 e. The Morgan fingerprint density at radius 3 is 2.63 bits per heavy atom. The van der Waals surface area contributed by atoms with E-state index in [9.17, 15) is 0 Å². The molecule has 0 atom stereocenters. The Bertz CT molecular complexity index is 390. The fraction of sp³-hybridized carbons (Fsp3) is 0.600. The number of nitrogens with zero attached hydrogens (tertiary/aromatic N) is 1. The van der Waals surface area contributed by atoms with E-state index in [-0.39, 0.29) is 0 Å². The smallest absolute Gasteiger partial charge is 0.126 e. The molecule has 1 aromatic carbocycles. The summed E-state index contributed by atoms with van der Waals surface area (Å²) >= 11 is 0. The highest BCUT2D eigenvalue weighted by atomic mass is 16.5. The second-order valence-electron chi connectivity index (χ2n) is 4.71. The first-order chi connectivity index (χ1) is 9.35. The highest BCUT2D eigenvalue weighted by Gasteiger charge is 2.14. The van der Waals surface area contributed by atoms with E-state index >= 15 is 0 Å². The van der Waals surface area contributed by atoms with E-state index in [1.165, 1.54) is 5.56 Å². The van der Waals surface area contributed by atoms with Crippen molar-refractivity contribution < 1.29 is 9.47 Å². The summed E-state index contributed by atoms with van der Waals surface area (Å²) in [4.78, 5) is 2.48. The number of benzene rings is 1. The summed E-state index contributed by atoms with van der Waals surface area (Å²) < 4.78 is 11.2. The summed E-state index contributed by atoms with van der Waals surface area (Å²) in [6.45, 7) is 8.18. The van der Waals surface area contributed by atoms with Gasteiger partial charge in [-0.3, -0.25) is 0 Å². The zero-order valence-corrected chi connectivity index (χ0v) is 11.9. The fourth-order valence-corrected chi connectivity index (χ4v) is 2.48. The Hall–Kier alpha value is -1.26. The summed E-state index contributed by atoms with van der Waals surface area (Å²) in [7, 11) is 1.72. The van der Waals surface area contributed by atoms with Gasteiger partial charge in [-0.25, -0.2) is 0 Å². The number of piperazine rings is 1. The SMILES string of the molecule is CCOc1cccc(OC)c1CCN1CCNCC1. The molecular weight excluding hydrogens is 240 g/mol. The van der Waals surface area contributed by atoms with Crippen LogP contribution < -0.4 is 14.8 Å². The van der Waals surface area contributed by atoms with Gasteiger partial charge in [0.1, 0.15) is 11.5 Å². The van der Waals surface area contributed by atoms with Crippen molar-refractivity contribution in [3.05, 3.63) is 23.8 Å². The van der Waals surface area contributed by atoms with Gasteiger partial charge in [0.25, 0.3) is 0 Å². The van der Waals surface area contributed by atoms with Crippen molar-refractivity contribution in [3.8, 4) is 11.5 Å². The minimum Gasteiger partial charge on any atom is -0.496 e. The monoisotopic (exact) mass is 264 g/mol. The molecule has 1 aromatic rings. The van der Waals surface area contributed by atoms with Gasteiger partial charge in [0.2, 0.25) is 0 Å². The first-order valence-electron chi connectivity index (χ1n) is 7.07. The molecule has 1 aliphatic heterocycles. The Morgan fingerprint density at radius 2 is 1.95 bits per heavy atom. The highest BCUT2D eigenvalue weighted by Crippen LogP contribution is 2.29. The van der Waals surface area contributed by atoms with Gasteiger partial charge < -0.3 is 19.7 Å². The number of hydrogen-bond acceptors (Lipinski definition) is 4. The summed E-state index contributed by atoms with van der Waals surface area (Å²) in [5.74, 6) is 1.89. The van der Waals surface area contributed by atoms with Gasteiger partial charge in [0.05, 0.1) is 13.7 Å². The fourth-order valence-electron chi connectivity index (χ4n) is 2.48. The first-order valence-corrected chi connectivity index (χ1v) is 7.07. The summed E-state index contributed by atoms with van der Waals surface area (Å²) in [5.41, 5.74) is 1.19. The second-order valence-corrected chi connectivity index (χ2v) is 4.71. The van der Waals surface area contributed by atoms with Crippen molar-refractivity contribution in [3.63, 3.8) is 0 Å². The van der Waals surface area contributed by atoms with Crippen molar-refractivity contribution in [2.75, 3.05) is 46.4 Å². The maximum atomic E-state index is 5.71. The molecule has 19 heavy (non-hydrogen) atoms. The normalized spacial score (nSPS) is 16.3. The van der Waals surface area contributed by atoms with E-state index < -0.39 is 0 Å². The van der Waals surface area contributed by atoms with Crippen molar-refractivity contribution in [2.24, 2.45) is 0 Å². The van der Waals surface area contributed by atoms with Crippen LogP contribution >= 0.6 is 0 Å². The molecule has 0 amide bonds. The van der Waals surface area contributed by atoms with Crippen LogP contribution in [0.4, 0.5) is 0 Å². The molecule has 0 spiro atoms. The molecule has 2 rings (SSSR count). The van der Waals surface area contributed by atoms with Crippen LogP contribution in [0.15, 0.2) is 18.2 Å². The van der Waals surface area contributed by atoms with Crippen molar-refractivity contribution in [1.29, 1.82) is 0 Å². The third-order valence-electron chi connectivity index (χ3n) is 3.50. The average molecular weight is 264 g/mol. The molecule has 0 aliphatic carbocycles. The standard InChI is InChI=1S/C15H24N2O2/c1-3-19-15-6-4-5-14(18-2)13(15)7-10-17-11-8-16-9-12-17/h4-6,16H,3,7-12H2,1-2H3. The molecule has 0 bridgehead atoms. The molecule has 0 radical (unpaired) electrons. The molecule has 1 N–H and O–H groups in total. The lowest BCUT2D eigenvalue weighted by Crippen LogP contribution is -2.44. The summed E-state index contributed by atoms with van der Waals surface area (Å²) in [5, 5.41) is 3.38. The van der Waals surface area contributed by atoms with Crippen LogP contribution in [0.3, 0.4) is 0 Å². The van der Waals surface area contributed by atoms with Gasteiger partial charge in [-0.15, -0.1) is 0 Å². The van der Waals surface area contributed by atoms with Crippen molar-refractivity contribution in [2.45, 2.75) is 13.3 Å². The van der Waals surface area contributed by atoms with Crippen molar-refractivity contribution in [1.82, 2.24) is 10.2 Å². The average Bonchev–Trinajstić information content (AvgIpc) is 2.47. The predicted octanol–water partition coefficient (Wildman–Crippen LogP) is 1.54. The molecule has 0 aromatic heterocycles. The van der Waals surface area contributed by atoms with Crippen LogP contribution in [0.1, 0.15) is 12.5 Å². The van der Waals surface area contributed by atoms with Crippen LogP contribution in [0, 0.1) is 0 Å². The lowest BCUT2D eigenvalue weighted by Gasteiger charge is -2.27. The molecule has 4 heteroatoms. The topological polar surface area (TPSA) is 33.7 Å². The largest absolute Gasteiger partial charge is 0.496 e. The summed E-state index contributed by atoms with van der Waals surface area (Å²) in [6.07, 6.45) is 0.972. The lowest BCUT2D eigenvalue weighted by atomic mass is 10.1. The van der Waals surface area contributed by atoms with Gasteiger partial charge in [-0.2, -0.15) is 0 Å². The van der Waals surface area contributed by atoms with Gasteiger partial charge >= 0.3 is 0 Å². The third-order valence-corrected chi connectivity index (χ3v) is 3.50. The molecule has 0 unspecified atom stereocenters. The van der Waals surface area contributed by atoms with E-state index in [2.05, 4.69) is 10.2 Å². The molecule has 1 heterocycles. The molecule has 1 saturated heterocycles. The van der Waals surface area contributed by atoms with Gasteiger partial charge in [-0.05, 0) is 25.5 Å². The number of ether oxygens (including phenoxy) is 2. The van der Waals surface area contributed by atoms with Crippen LogP contribution in [-0.2, 0) is 6.42 Å². The minimum atomic E-state index is 0.688. The Kier molecular flexibility index (Phi) is 5.48. The number of rotatable bonds is 6. The van der Waals surface area contributed by atoms with Crippen LogP contribution in [0.2, 0.25) is 0 Å². The Balaban J connectivity index is 2.03. The van der Waals surface area contributed by atoms with Gasteiger partial charge in [0.15, 0.2) is 0 Å². The van der Waals surface area contributed by atoms with E-state index in [4.69, 9.17) is 9.47 Å². The van der Waals surface area contributed by atoms with E-state index in [1.807, 2.05) is 25.1 Å². The zero-order valence-electron chi connectivity index (χ0n) is 11.9. The van der Waals surface area contributed by atoms with Crippen molar-refractivity contribution >= 4 is 0 Å². The zero-order chi connectivity index (χ0) is 13.5. The molecule has 106 valence electrons. The number of nitrogens with one attached hydrogen (secondary N) is 1. The number of methoxy groups -OCH3 is 1. The Morgan fingerprint density at radius 1 is 1.21 bits per heavy atom. The molecule has 4 nitrogen and oxygen atoms in total. The number of hydrogen-bond donors (Lipinski definition) is 1.